The van der Waals surface area contributed by atoms with Crippen LogP contribution in [0.5, 0.6) is 11.5 Å². The topological polar surface area (TPSA) is 99.9 Å². The van der Waals surface area contributed by atoms with Crippen molar-refractivity contribution in [3.05, 3.63) is 52.8 Å². The second-order valence-corrected chi connectivity index (χ2v) is 9.92. The molecule has 1 aliphatic heterocycles. The average Bonchev–Trinajstić information content (AvgIpc) is 3.04. The molecule has 1 N–H and O–H groups in total. The highest BCUT2D eigenvalue weighted by atomic mass is 35.5. The van der Waals surface area contributed by atoms with Crippen molar-refractivity contribution in [1.29, 1.82) is 5.26 Å². The summed E-state index contributed by atoms with van der Waals surface area (Å²) in [6, 6.07) is 7.63. The first-order valence-electron chi connectivity index (χ1n) is 9.32. The Balaban J connectivity index is 1.86. The SMILES string of the molecule is C[C@@]1(CO)CN(S(=O)(=O)c2ccc(OC(F)(F)F)cc2Cl)C[C@@H]1Oc1ccc(C#N)c(F)c1. The molecule has 0 radical (unpaired) electrons. The minimum Gasteiger partial charge on any atom is -0.488 e. The van der Waals surface area contributed by atoms with Gasteiger partial charge in [-0.15, -0.1) is 13.2 Å². The summed E-state index contributed by atoms with van der Waals surface area (Å²) in [6.45, 7) is 0.633. The van der Waals surface area contributed by atoms with Crippen molar-refractivity contribution < 1.29 is 40.6 Å². The fourth-order valence-electron chi connectivity index (χ4n) is 3.34. The van der Waals surface area contributed by atoms with Gasteiger partial charge in [-0.1, -0.05) is 18.5 Å². The molecule has 1 fully saturated rings. The van der Waals surface area contributed by atoms with Crippen LogP contribution in [0.4, 0.5) is 17.6 Å². The van der Waals surface area contributed by atoms with Gasteiger partial charge in [0.15, 0.2) is 0 Å². The fourth-order valence-corrected chi connectivity index (χ4v) is 5.42. The Morgan fingerprint density at radius 3 is 2.48 bits per heavy atom. The van der Waals surface area contributed by atoms with Crippen LogP contribution in [0.3, 0.4) is 0 Å². The first-order chi connectivity index (χ1) is 15.3. The summed E-state index contributed by atoms with van der Waals surface area (Å²) in [4.78, 5) is -0.455. The van der Waals surface area contributed by atoms with Gasteiger partial charge in [0, 0.05) is 24.1 Å². The van der Waals surface area contributed by atoms with Crippen LogP contribution in [0.2, 0.25) is 5.02 Å². The molecule has 33 heavy (non-hydrogen) atoms. The standard InChI is InChI=1S/C20H17ClF4N2O5S/c1-19(11-28)10-27(9-18(19)31-13-3-2-12(8-26)16(22)7-13)33(29,30)17-5-4-14(6-15(17)21)32-20(23,24)25/h2-7,18,28H,9-11H2,1H3/t18-,19-/m0/s1. The third kappa shape index (κ3) is 5.33. The summed E-state index contributed by atoms with van der Waals surface area (Å²) in [5, 5.41) is 18.2. The van der Waals surface area contributed by atoms with Crippen molar-refractivity contribution in [1.82, 2.24) is 4.31 Å². The maximum absolute atomic E-state index is 13.9. The lowest BCUT2D eigenvalue weighted by Crippen LogP contribution is -2.38. The van der Waals surface area contributed by atoms with Crippen LogP contribution in [0.15, 0.2) is 41.3 Å². The van der Waals surface area contributed by atoms with Crippen LogP contribution in [-0.4, -0.2) is 50.0 Å². The van der Waals surface area contributed by atoms with Crippen molar-refractivity contribution in [2.75, 3.05) is 19.7 Å². The summed E-state index contributed by atoms with van der Waals surface area (Å²) >= 11 is 5.94. The fraction of sp³-hybridized carbons (Fsp3) is 0.350. The molecule has 0 amide bonds. The second kappa shape index (κ2) is 8.98. The molecule has 7 nitrogen and oxygen atoms in total. The minimum atomic E-state index is -4.98. The van der Waals surface area contributed by atoms with Gasteiger partial charge in [0.05, 0.1) is 23.7 Å². The third-order valence-corrected chi connectivity index (χ3v) is 7.43. The number of aliphatic hydroxyl groups is 1. The number of ether oxygens (including phenoxy) is 2. The molecule has 2 aromatic carbocycles. The predicted molar refractivity (Wildman–Crippen MR) is 108 cm³/mol. The Morgan fingerprint density at radius 1 is 1.27 bits per heavy atom. The molecule has 1 saturated heterocycles. The van der Waals surface area contributed by atoms with Crippen LogP contribution in [0, 0.1) is 22.6 Å². The van der Waals surface area contributed by atoms with E-state index in [9.17, 15) is 31.1 Å². The minimum absolute atomic E-state index is 0.0297. The van der Waals surface area contributed by atoms with Gasteiger partial charge in [0.1, 0.15) is 34.4 Å². The van der Waals surface area contributed by atoms with Gasteiger partial charge in [-0.25, -0.2) is 12.8 Å². The number of alkyl halides is 3. The van der Waals surface area contributed by atoms with Crippen molar-refractivity contribution in [2.24, 2.45) is 5.41 Å². The van der Waals surface area contributed by atoms with Gasteiger partial charge < -0.3 is 14.6 Å². The number of benzene rings is 2. The number of halogens is 5. The molecule has 0 unspecified atom stereocenters. The maximum atomic E-state index is 13.9. The van der Waals surface area contributed by atoms with Gasteiger partial charge in [-0.05, 0) is 24.3 Å². The lowest BCUT2D eigenvalue weighted by atomic mass is 9.88. The average molecular weight is 509 g/mol. The van der Waals surface area contributed by atoms with Gasteiger partial charge in [0.2, 0.25) is 10.0 Å². The van der Waals surface area contributed by atoms with Crippen LogP contribution in [0.25, 0.3) is 0 Å². The van der Waals surface area contributed by atoms with E-state index in [4.69, 9.17) is 21.6 Å². The first-order valence-corrected chi connectivity index (χ1v) is 11.1. The zero-order valence-electron chi connectivity index (χ0n) is 16.9. The summed E-state index contributed by atoms with van der Waals surface area (Å²) < 4.78 is 87.8. The molecule has 2 atom stereocenters. The summed E-state index contributed by atoms with van der Waals surface area (Å²) in [5.74, 6) is -1.48. The Morgan fingerprint density at radius 2 is 1.94 bits per heavy atom. The normalized spacial score (nSPS) is 21.6. The molecular weight excluding hydrogens is 492 g/mol. The first kappa shape index (κ1) is 25.0. The highest BCUT2D eigenvalue weighted by Gasteiger charge is 2.49. The van der Waals surface area contributed by atoms with Gasteiger partial charge >= 0.3 is 6.36 Å². The third-order valence-electron chi connectivity index (χ3n) is 5.14. The molecule has 178 valence electrons. The monoisotopic (exact) mass is 508 g/mol. The van der Waals surface area contributed by atoms with Crippen molar-refractivity contribution in [3.63, 3.8) is 0 Å². The highest BCUT2D eigenvalue weighted by Crippen LogP contribution is 2.38. The smallest absolute Gasteiger partial charge is 0.488 e. The van der Waals surface area contributed by atoms with E-state index in [1.807, 2.05) is 0 Å². The van der Waals surface area contributed by atoms with Crippen molar-refractivity contribution in [3.8, 4) is 17.6 Å². The van der Waals surface area contributed by atoms with Gasteiger partial charge in [-0.2, -0.15) is 9.57 Å². The number of rotatable bonds is 6. The molecular formula is C20H17ClF4N2O5S. The van der Waals surface area contributed by atoms with E-state index in [1.165, 1.54) is 12.1 Å². The van der Waals surface area contributed by atoms with Gasteiger partial charge in [0.25, 0.3) is 0 Å². The lowest BCUT2D eigenvalue weighted by molar-refractivity contribution is -0.274. The number of nitriles is 1. The van der Waals surface area contributed by atoms with E-state index < -0.39 is 56.0 Å². The van der Waals surface area contributed by atoms with E-state index >= 15 is 0 Å². The summed E-state index contributed by atoms with van der Waals surface area (Å²) in [7, 11) is -4.30. The molecule has 2 aromatic rings. The molecule has 1 aliphatic rings. The van der Waals surface area contributed by atoms with E-state index in [0.717, 1.165) is 28.6 Å². The van der Waals surface area contributed by atoms with E-state index in [1.54, 1.807) is 13.0 Å². The Kier molecular flexibility index (Phi) is 6.82. The number of hydrogen-bond donors (Lipinski definition) is 1. The maximum Gasteiger partial charge on any atom is 0.573 e. The number of nitrogens with zero attached hydrogens (tertiary/aromatic N) is 2. The zero-order chi connectivity index (χ0) is 24.6. The highest BCUT2D eigenvalue weighted by molar-refractivity contribution is 7.89. The molecule has 0 saturated carbocycles. The molecule has 1 heterocycles. The van der Waals surface area contributed by atoms with Crippen molar-refractivity contribution in [2.45, 2.75) is 24.3 Å². The largest absolute Gasteiger partial charge is 0.573 e. The zero-order valence-corrected chi connectivity index (χ0v) is 18.5. The van der Waals surface area contributed by atoms with Crippen molar-refractivity contribution >= 4 is 21.6 Å². The summed E-state index contributed by atoms with van der Waals surface area (Å²) in [6.07, 6.45) is -5.88. The molecule has 13 heteroatoms. The molecule has 0 aliphatic carbocycles. The quantitative estimate of drug-likeness (QED) is 0.597. The Labute approximate surface area is 191 Å². The van der Waals surface area contributed by atoms with E-state index in [0.29, 0.717) is 0 Å². The van der Waals surface area contributed by atoms with Crippen LogP contribution in [0.1, 0.15) is 12.5 Å². The number of aliphatic hydroxyl groups excluding tert-OH is 1. The van der Waals surface area contributed by atoms with Gasteiger partial charge in [-0.3, -0.25) is 0 Å². The van der Waals surface area contributed by atoms with E-state index in [-0.39, 0.29) is 24.4 Å². The van der Waals surface area contributed by atoms with E-state index in [2.05, 4.69) is 4.74 Å². The predicted octanol–water partition coefficient (Wildman–Crippen LogP) is 3.70. The van der Waals surface area contributed by atoms with Crippen LogP contribution < -0.4 is 9.47 Å². The molecule has 0 aromatic heterocycles. The van der Waals surface area contributed by atoms with Crippen LogP contribution >= 0.6 is 11.6 Å². The molecule has 3 rings (SSSR count). The molecule has 0 spiro atoms. The number of hydrogen-bond acceptors (Lipinski definition) is 6. The Bertz CT molecular complexity index is 1200. The second-order valence-electron chi connectivity index (χ2n) is 7.61. The lowest BCUT2D eigenvalue weighted by Gasteiger charge is -2.28. The Hall–Kier alpha value is -2.59. The number of sulfonamides is 1. The summed E-state index contributed by atoms with van der Waals surface area (Å²) in [5.41, 5.74) is -1.29. The molecule has 0 bridgehead atoms. The van der Waals surface area contributed by atoms with Crippen LogP contribution in [-0.2, 0) is 10.0 Å².